The highest BCUT2D eigenvalue weighted by molar-refractivity contribution is 5.95. The lowest BCUT2D eigenvalue weighted by Crippen LogP contribution is -2.19. The topological polar surface area (TPSA) is 73.0 Å². The molecule has 0 bridgehead atoms. The lowest BCUT2D eigenvalue weighted by molar-refractivity contribution is -0.116. The number of nitrogens with one attached hydrogen (secondary N) is 1. The van der Waals surface area contributed by atoms with Gasteiger partial charge in [-0.2, -0.15) is 5.10 Å². The molecule has 136 valence electrons. The van der Waals surface area contributed by atoms with Crippen LogP contribution < -0.4 is 5.32 Å². The molecule has 0 aliphatic rings. The maximum Gasteiger partial charge on any atom is 0.246 e. The SMILES string of the molecule is Cc1ccc(NC(=O)Cn2nc(C)c3c(-c4ccco4)ccnc32)cc1C. The highest BCUT2D eigenvalue weighted by Crippen LogP contribution is 2.30. The van der Waals surface area contributed by atoms with Gasteiger partial charge in [-0.15, -0.1) is 0 Å². The molecule has 3 aromatic heterocycles. The molecular weight excluding hydrogens is 340 g/mol. The maximum atomic E-state index is 12.5. The predicted octanol–water partition coefficient (Wildman–Crippen LogP) is 4.26. The molecule has 0 spiro atoms. The molecule has 0 fully saturated rings. The average molecular weight is 360 g/mol. The van der Waals surface area contributed by atoms with E-state index in [4.69, 9.17) is 4.42 Å². The molecule has 4 rings (SSSR count). The van der Waals surface area contributed by atoms with Crippen LogP contribution in [0.3, 0.4) is 0 Å². The van der Waals surface area contributed by atoms with Crippen molar-refractivity contribution in [3.63, 3.8) is 0 Å². The fourth-order valence-corrected chi connectivity index (χ4v) is 3.18. The normalized spacial score (nSPS) is 11.1. The van der Waals surface area contributed by atoms with Crippen molar-refractivity contribution < 1.29 is 9.21 Å². The summed E-state index contributed by atoms with van der Waals surface area (Å²) in [5.41, 5.74) is 5.50. The van der Waals surface area contributed by atoms with Gasteiger partial charge >= 0.3 is 0 Å². The number of carbonyl (C=O) groups is 1. The Hall–Kier alpha value is -3.41. The first-order chi connectivity index (χ1) is 13.0. The molecule has 0 aliphatic carbocycles. The van der Waals surface area contributed by atoms with Gasteiger partial charge in [-0.05, 0) is 62.2 Å². The number of pyridine rings is 1. The Bertz CT molecular complexity index is 1130. The molecule has 0 radical (unpaired) electrons. The molecule has 6 heteroatoms. The smallest absolute Gasteiger partial charge is 0.246 e. The van der Waals surface area contributed by atoms with Crippen LogP contribution in [-0.4, -0.2) is 20.7 Å². The lowest BCUT2D eigenvalue weighted by atomic mass is 10.1. The first-order valence-corrected chi connectivity index (χ1v) is 8.76. The van der Waals surface area contributed by atoms with Gasteiger partial charge in [0.1, 0.15) is 12.3 Å². The van der Waals surface area contributed by atoms with E-state index in [1.165, 1.54) is 5.56 Å². The minimum Gasteiger partial charge on any atom is -0.464 e. The Labute approximate surface area is 156 Å². The molecule has 1 aromatic carbocycles. The second-order valence-corrected chi connectivity index (χ2v) is 6.62. The van der Waals surface area contributed by atoms with Gasteiger partial charge in [-0.1, -0.05) is 6.07 Å². The third kappa shape index (κ3) is 3.21. The van der Waals surface area contributed by atoms with Crippen LogP contribution >= 0.6 is 0 Å². The van der Waals surface area contributed by atoms with E-state index in [0.29, 0.717) is 5.65 Å². The van der Waals surface area contributed by atoms with Crippen molar-refractivity contribution in [2.24, 2.45) is 0 Å². The van der Waals surface area contributed by atoms with Gasteiger partial charge in [-0.3, -0.25) is 4.79 Å². The van der Waals surface area contributed by atoms with Crippen molar-refractivity contribution in [2.45, 2.75) is 27.3 Å². The van der Waals surface area contributed by atoms with Crippen LogP contribution in [-0.2, 0) is 11.3 Å². The molecule has 4 aromatic rings. The number of aromatic nitrogens is 3. The summed E-state index contributed by atoms with van der Waals surface area (Å²) in [7, 11) is 0. The number of hydrogen-bond donors (Lipinski definition) is 1. The number of amides is 1. The molecule has 27 heavy (non-hydrogen) atoms. The zero-order chi connectivity index (χ0) is 19.0. The minimum atomic E-state index is -0.146. The van der Waals surface area contributed by atoms with Gasteiger partial charge in [-0.25, -0.2) is 9.67 Å². The fourth-order valence-electron chi connectivity index (χ4n) is 3.18. The Morgan fingerprint density at radius 2 is 2.00 bits per heavy atom. The summed E-state index contributed by atoms with van der Waals surface area (Å²) in [6.45, 7) is 6.07. The van der Waals surface area contributed by atoms with Crippen LogP contribution in [0.25, 0.3) is 22.4 Å². The number of fused-ring (bicyclic) bond motifs is 1. The van der Waals surface area contributed by atoms with E-state index in [1.54, 1.807) is 17.1 Å². The van der Waals surface area contributed by atoms with E-state index in [-0.39, 0.29) is 12.5 Å². The molecular formula is C21H20N4O2. The van der Waals surface area contributed by atoms with Gasteiger partial charge < -0.3 is 9.73 Å². The summed E-state index contributed by atoms with van der Waals surface area (Å²) in [6, 6.07) is 11.5. The number of nitrogens with zero attached hydrogens (tertiary/aromatic N) is 3. The van der Waals surface area contributed by atoms with Crippen molar-refractivity contribution in [3.8, 4) is 11.3 Å². The summed E-state index contributed by atoms with van der Waals surface area (Å²) in [5.74, 6) is 0.609. The van der Waals surface area contributed by atoms with Crippen LogP contribution in [0.15, 0.2) is 53.3 Å². The average Bonchev–Trinajstić information content (AvgIpc) is 3.27. The summed E-state index contributed by atoms with van der Waals surface area (Å²) in [4.78, 5) is 17.0. The first-order valence-electron chi connectivity index (χ1n) is 8.76. The van der Waals surface area contributed by atoms with E-state index in [9.17, 15) is 4.79 Å². The molecule has 0 saturated heterocycles. The number of benzene rings is 1. The van der Waals surface area contributed by atoms with E-state index in [2.05, 4.69) is 15.4 Å². The number of aryl methyl sites for hydroxylation is 3. The van der Waals surface area contributed by atoms with E-state index >= 15 is 0 Å². The molecule has 1 amide bonds. The molecule has 0 aliphatic heterocycles. The number of furan rings is 1. The third-order valence-corrected chi connectivity index (χ3v) is 4.68. The lowest BCUT2D eigenvalue weighted by Gasteiger charge is -2.08. The fraction of sp³-hybridized carbons (Fsp3) is 0.190. The number of hydrogen-bond acceptors (Lipinski definition) is 4. The second kappa shape index (κ2) is 6.72. The maximum absolute atomic E-state index is 12.5. The molecule has 1 N–H and O–H groups in total. The van der Waals surface area contributed by atoms with E-state index in [1.807, 2.05) is 57.2 Å². The second-order valence-electron chi connectivity index (χ2n) is 6.62. The van der Waals surface area contributed by atoms with Crippen molar-refractivity contribution in [3.05, 3.63) is 65.7 Å². The van der Waals surface area contributed by atoms with Crippen LogP contribution in [0.2, 0.25) is 0 Å². The molecule has 0 saturated carbocycles. The Balaban J connectivity index is 1.63. The van der Waals surface area contributed by atoms with Crippen molar-refractivity contribution >= 4 is 22.6 Å². The molecule has 3 heterocycles. The summed E-state index contributed by atoms with van der Waals surface area (Å²) < 4.78 is 7.16. The van der Waals surface area contributed by atoms with E-state index in [0.717, 1.165) is 33.7 Å². The largest absolute Gasteiger partial charge is 0.464 e. The van der Waals surface area contributed by atoms with Gasteiger partial charge in [0.25, 0.3) is 0 Å². The Kier molecular flexibility index (Phi) is 4.24. The van der Waals surface area contributed by atoms with Gasteiger partial charge in [0.2, 0.25) is 5.91 Å². The Morgan fingerprint density at radius 3 is 2.74 bits per heavy atom. The van der Waals surface area contributed by atoms with Gasteiger partial charge in [0, 0.05) is 17.4 Å². The highest BCUT2D eigenvalue weighted by Gasteiger charge is 2.17. The standard InChI is InChI=1S/C21H20N4O2/c1-13-6-7-16(11-14(13)2)23-19(26)12-25-21-20(15(3)24-25)17(8-9-22-21)18-5-4-10-27-18/h4-11H,12H2,1-3H3,(H,23,26). The predicted molar refractivity (Wildman–Crippen MR) is 105 cm³/mol. The van der Waals surface area contributed by atoms with Crippen LogP contribution in [0.4, 0.5) is 5.69 Å². The number of rotatable bonds is 4. The highest BCUT2D eigenvalue weighted by atomic mass is 16.3. The van der Waals surface area contributed by atoms with Crippen molar-refractivity contribution in [2.75, 3.05) is 5.32 Å². The first kappa shape index (κ1) is 17.0. The third-order valence-electron chi connectivity index (χ3n) is 4.68. The zero-order valence-corrected chi connectivity index (χ0v) is 15.5. The van der Waals surface area contributed by atoms with Crippen molar-refractivity contribution in [1.29, 1.82) is 0 Å². The van der Waals surface area contributed by atoms with Crippen LogP contribution in [0.1, 0.15) is 16.8 Å². The minimum absolute atomic E-state index is 0.0892. The molecule has 6 nitrogen and oxygen atoms in total. The van der Waals surface area contributed by atoms with Gasteiger partial charge in [0.05, 0.1) is 17.3 Å². The Morgan fingerprint density at radius 1 is 1.15 bits per heavy atom. The molecule has 0 atom stereocenters. The van der Waals surface area contributed by atoms with Crippen molar-refractivity contribution in [1.82, 2.24) is 14.8 Å². The summed E-state index contributed by atoms with van der Waals surface area (Å²) >= 11 is 0. The zero-order valence-electron chi connectivity index (χ0n) is 15.5. The number of anilines is 1. The monoisotopic (exact) mass is 360 g/mol. The summed E-state index contributed by atoms with van der Waals surface area (Å²) in [6.07, 6.45) is 3.34. The molecule has 0 unspecified atom stereocenters. The van der Waals surface area contributed by atoms with E-state index < -0.39 is 0 Å². The van der Waals surface area contributed by atoms with Crippen LogP contribution in [0, 0.1) is 20.8 Å². The van der Waals surface area contributed by atoms with Crippen LogP contribution in [0.5, 0.6) is 0 Å². The number of carbonyl (C=O) groups excluding carboxylic acids is 1. The summed E-state index contributed by atoms with van der Waals surface area (Å²) in [5, 5.41) is 8.35. The van der Waals surface area contributed by atoms with Gasteiger partial charge in [0.15, 0.2) is 5.65 Å². The quantitative estimate of drug-likeness (QED) is 0.590.